The summed E-state index contributed by atoms with van der Waals surface area (Å²) in [6.07, 6.45) is 1.80. The first-order chi connectivity index (χ1) is 12.5. The van der Waals surface area contributed by atoms with E-state index in [1.165, 1.54) is 27.8 Å². The van der Waals surface area contributed by atoms with Crippen molar-refractivity contribution in [2.45, 2.75) is 17.7 Å². The van der Waals surface area contributed by atoms with Crippen LogP contribution in [0.15, 0.2) is 53.4 Å². The highest BCUT2D eigenvalue weighted by Gasteiger charge is 2.27. The molecule has 1 aliphatic rings. The van der Waals surface area contributed by atoms with Gasteiger partial charge in [0.1, 0.15) is 0 Å². The van der Waals surface area contributed by atoms with Crippen LogP contribution >= 0.6 is 11.3 Å². The first kappa shape index (κ1) is 17.1. The third-order valence-electron chi connectivity index (χ3n) is 4.30. The predicted octanol–water partition coefficient (Wildman–Crippen LogP) is 3.33. The predicted molar refractivity (Wildman–Crippen MR) is 102 cm³/mol. The molecule has 26 heavy (non-hydrogen) atoms. The number of sulfonamides is 1. The van der Waals surface area contributed by atoms with Crippen molar-refractivity contribution in [1.29, 1.82) is 0 Å². The third-order valence-corrected chi connectivity index (χ3v) is 7.25. The minimum atomic E-state index is -3.44. The molecule has 134 valence electrons. The van der Waals surface area contributed by atoms with E-state index in [1.54, 1.807) is 12.1 Å². The maximum atomic E-state index is 12.5. The zero-order chi connectivity index (χ0) is 18.1. The molecule has 0 bridgehead atoms. The molecule has 1 aromatic heterocycles. The van der Waals surface area contributed by atoms with Crippen molar-refractivity contribution in [3.05, 3.63) is 53.5 Å². The number of amides is 1. The zero-order valence-corrected chi connectivity index (χ0v) is 15.5. The quantitative estimate of drug-likeness (QED) is 0.745. The Balaban J connectivity index is 1.51. The molecular formula is C18H17N3O3S2. The Kier molecular flexibility index (Phi) is 4.47. The molecule has 1 saturated heterocycles. The summed E-state index contributed by atoms with van der Waals surface area (Å²) in [6.45, 7) is 1.14. The third kappa shape index (κ3) is 3.23. The number of carbonyl (C=O) groups excluding carboxylic acids is 1. The van der Waals surface area contributed by atoms with Crippen LogP contribution in [0, 0.1) is 0 Å². The normalized spacial score (nSPS) is 15.4. The molecule has 1 amide bonds. The highest BCUT2D eigenvalue weighted by atomic mass is 32.2. The smallest absolute Gasteiger partial charge is 0.284 e. The molecule has 0 unspecified atom stereocenters. The summed E-state index contributed by atoms with van der Waals surface area (Å²) in [5, 5.41) is 3.14. The van der Waals surface area contributed by atoms with Crippen molar-refractivity contribution >= 4 is 43.2 Å². The van der Waals surface area contributed by atoms with E-state index < -0.39 is 10.0 Å². The van der Waals surface area contributed by atoms with E-state index in [4.69, 9.17) is 0 Å². The Labute approximate surface area is 155 Å². The van der Waals surface area contributed by atoms with E-state index in [0.717, 1.165) is 23.1 Å². The minimum absolute atomic E-state index is 0.248. The van der Waals surface area contributed by atoms with Crippen LogP contribution in [0.5, 0.6) is 0 Å². The van der Waals surface area contributed by atoms with Gasteiger partial charge >= 0.3 is 0 Å². The molecule has 0 aliphatic carbocycles. The highest BCUT2D eigenvalue weighted by molar-refractivity contribution is 7.89. The average molecular weight is 387 g/mol. The van der Waals surface area contributed by atoms with E-state index in [0.29, 0.717) is 23.8 Å². The molecule has 2 heterocycles. The number of hydrogen-bond donors (Lipinski definition) is 1. The number of nitrogens with zero attached hydrogens (tertiary/aromatic N) is 2. The lowest BCUT2D eigenvalue weighted by Crippen LogP contribution is -2.27. The van der Waals surface area contributed by atoms with Crippen LogP contribution in [0.1, 0.15) is 22.6 Å². The molecule has 8 heteroatoms. The number of rotatable bonds is 4. The van der Waals surface area contributed by atoms with Crippen LogP contribution in [0.4, 0.5) is 5.69 Å². The van der Waals surface area contributed by atoms with Crippen LogP contribution in [-0.2, 0) is 10.0 Å². The Bertz CT molecular complexity index is 1020. The Hall–Kier alpha value is -2.29. The topological polar surface area (TPSA) is 79.4 Å². The lowest BCUT2D eigenvalue weighted by atomic mass is 10.3. The molecule has 4 rings (SSSR count). The summed E-state index contributed by atoms with van der Waals surface area (Å²) in [4.78, 5) is 17.0. The summed E-state index contributed by atoms with van der Waals surface area (Å²) in [7, 11) is -3.44. The number of anilines is 1. The van der Waals surface area contributed by atoms with Gasteiger partial charge in [0.2, 0.25) is 10.0 Å². The van der Waals surface area contributed by atoms with Crippen molar-refractivity contribution in [3.8, 4) is 0 Å². The number of fused-ring (bicyclic) bond motifs is 1. The number of hydrogen-bond acceptors (Lipinski definition) is 5. The maximum Gasteiger partial charge on any atom is 0.284 e. The van der Waals surface area contributed by atoms with Gasteiger partial charge in [-0.05, 0) is 49.2 Å². The van der Waals surface area contributed by atoms with E-state index in [-0.39, 0.29) is 10.8 Å². The molecule has 0 atom stereocenters. The lowest BCUT2D eigenvalue weighted by molar-refractivity contribution is 0.102. The number of thiazole rings is 1. The number of aromatic nitrogens is 1. The second-order valence-corrected chi connectivity index (χ2v) is 9.05. The van der Waals surface area contributed by atoms with Gasteiger partial charge in [-0.1, -0.05) is 12.1 Å². The standard InChI is InChI=1S/C18H17N3O3S2/c22-17(18-20-15-5-1-2-6-16(15)25-18)19-13-7-9-14(10-8-13)26(23,24)21-11-3-4-12-21/h1-2,5-10H,3-4,11-12H2,(H,19,22). The van der Waals surface area contributed by atoms with Crippen molar-refractivity contribution in [1.82, 2.24) is 9.29 Å². The van der Waals surface area contributed by atoms with Crippen molar-refractivity contribution in [2.24, 2.45) is 0 Å². The average Bonchev–Trinajstić information content (AvgIpc) is 3.32. The number of benzene rings is 2. The van der Waals surface area contributed by atoms with E-state index in [2.05, 4.69) is 10.3 Å². The second kappa shape index (κ2) is 6.79. The molecule has 1 aliphatic heterocycles. The molecule has 1 N–H and O–H groups in total. The summed E-state index contributed by atoms with van der Waals surface area (Å²) < 4.78 is 27.5. The van der Waals surface area contributed by atoms with Gasteiger partial charge in [0, 0.05) is 18.8 Å². The SMILES string of the molecule is O=C(Nc1ccc(S(=O)(=O)N2CCCC2)cc1)c1nc2ccccc2s1. The van der Waals surface area contributed by atoms with Crippen molar-refractivity contribution in [2.75, 3.05) is 18.4 Å². The molecule has 0 saturated carbocycles. The molecule has 6 nitrogen and oxygen atoms in total. The molecular weight excluding hydrogens is 370 g/mol. The lowest BCUT2D eigenvalue weighted by Gasteiger charge is -2.15. The molecule has 3 aromatic rings. The van der Waals surface area contributed by atoms with Gasteiger partial charge in [0.25, 0.3) is 5.91 Å². The van der Waals surface area contributed by atoms with Gasteiger partial charge in [0.05, 0.1) is 15.1 Å². The fourth-order valence-electron chi connectivity index (χ4n) is 2.94. The molecule has 2 aromatic carbocycles. The van der Waals surface area contributed by atoms with Crippen LogP contribution in [0.2, 0.25) is 0 Å². The summed E-state index contributed by atoms with van der Waals surface area (Å²) >= 11 is 1.32. The van der Waals surface area contributed by atoms with Gasteiger partial charge in [0.15, 0.2) is 5.01 Å². The number of carbonyl (C=O) groups is 1. The van der Waals surface area contributed by atoms with Gasteiger partial charge in [-0.3, -0.25) is 4.79 Å². The van der Waals surface area contributed by atoms with Crippen LogP contribution < -0.4 is 5.32 Å². The monoisotopic (exact) mass is 387 g/mol. The van der Waals surface area contributed by atoms with E-state index >= 15 is 0 Å². The fraction of sp³-hybridized carbons (Fsp3) is 0.222. The first-order valence-electron chi connectivity index (χ1n) is 8.31. The zero-order valence-electron chi connectivity index (χ0n) is 13.9. The van der Waals surface area contributed by atoms with E-state index in [9.17, 15) is 13.2 Å². The molecule has 1 fully saturated rings. The van der Waals surface area contributed by atoms with Gasteiger partial charge in [-0.2, -0.15) is 4.31 Å². The highest BCUT2D eigenvalue weighted by Crippen LogP contribution is 2.24. The molecule has 0 radical (unpaired) electrons. The Morgan fingerprint density at radius 2 is 1.73 bits per heavy atom. The van der Waals surface area contributed by atoms with Gasteiger partial charge in [-0.15, -0.1) is 11.3 Å². The number of para-hydroxylation sites is 1. The van der Waals surface area contributed by atoms with Gasteiger partial charge in [-0.25, -0.2) is 13.4 Å². The maximum absolute atomic E-state index is 12.5. The van der Waals surface area contributed by atoms with Crippen LogP contribution in [0.3, 0.4) is 0 Å². The van der Waals surface area contributed by atoms with Gasteiger partial charge < -0.3 is 5.32 Å². The minimum Gasteiger partial charge on any atom is -0.320 e. The summed E-state index contributed by atoms with van der Waals surface area (Å²) in [5.41, 5.74) is 1.32. The fourth-order valence-corrected chi connectivity index (χ4v) is 5.32. The Morgan fingerprint density at radius 1 is 1.04 bits per heavy atom. The summed E-state index contributed by atoms with van der Waals surface area (Å²) in [5.74, 6) is -0.304. The van der Waals surface area contributed by atoms with Crippen molar-refractivity contribution < 1.29 is 13.2 Å². The second-order valence-electron chi connectivity index (χ2n) is 6.08. The van der Waals surface area contributed by atoms with E-state index in [1.807, 2.05) is 24.3 Å². The van der Waals surface area contributed by atoms with Crippen LogP contribution in [0.25, 0.3) is 10.2 Å². The largest absolute Gasteiger partial charge is 0.320 e. The molecule has 0 spiro atoms. The number of nitrogens with one attached hydrogen (secondary N) is 1. The Morgan fingerprint density at radius 3 is 2.42 bits per heavy atom. The van der Waals surface area contributed by atoms with Crippen LogP contribution in [-0.4, -0.2) is 36.7 Å². The first-order valence-corrected chi connectivity index (χ1v) is 10.6. The van der Waals surface area contributed by atoms with Crippen molar-refractivity contribution in [3.63, 3.8) is 0 Å². The summed E-state index contributed by atoms with van der Waals surface area (Å²) in [6, 6.07) is 13.8.